The van der Waals surface area contributed by atoms with Gasteiger partial charge >= 0.3 is 0 Å². The van der Waals surface area contributed by atoms with Gasteiger partial charge in [-0.2, -0.15) is 0 Å². The molecule has 2 aromatic rings. The zero-order chi connectivity index (χ0) is 14.5. The summed E-state index contributed by atoms with van der Waals surface area (Å²) in [5.41, 5.74) is 0. The Morgan fingerprint density at radius 1 is 1.43 bits per heavy atom. The maximum Gasteiger partial charge on any atom is 0.289 e. The Labute approximate surface area is 127 Å². The molecule has 21 heavy (non-hydrogen) atoms. The molecule has 3 rings (SSSR count). The van der Waals surface area contributed by atoms with Gasteiger partial charge in [0, 0.05) is 24.0 Å². The van der Waals surface area contributed by atoms with Crippen LogP contribution < -0.4 is 5.32 Å². The monoisotopic (exact) mass is 305 g/mol. The van der Waals surface area contributed by atoms with Crippen molar-refractivity contribution in [1.82, 2.24) is 15.4 Å². The van der Waals surface area contributed by atoms with E-state index in [9.17, 15) is 4.79 Å². The number of nitrogens with one attached hydrogen (secondary N) is 1. The van der Waals surface area contributed by atoms with Gasteiger partial charge in [0.25, 0.3) is 5.91 Å². The largest absolute Gasteiger partial charge is 0.351 e. The summed E-state index contributed by atoms with van der Waals surface area (Å²) in [5, 5.41) is 8.54. The van der Waals surface area contributed by atoms with Crippen molar-refractivity contribution in [3.63, 3.8) is 0 Å². The van der Waals surface area contributed by atoms with E-state index < -0.39 is 0 Å². The fourth-order valence-corrected chi connectivity index (χ4v) is 3.61. The first-order chi connectivity index (χ1) is 10.3. The quantitative estimate of drug-likeness (QED) is 0.921. The summed E-state index contributed by atoms with van der Waals surface area (Å²) in [6, 6.07) is 5.94. The van der Waals surface area contributed by atoms with Crippen LogP contribution in [-0.2, 0) is 0 Å². The molecule has 0 unspecified atom stereocenters. The predicted molar refractivity (Wildman–Crippen MR) is 81.6 cm³/mol. The van der Waals surface area contributed by atoms with Gasteiger partial charge < -0.3 is 14.7 Å². The second-order valence-electron chi connectivity index (χ2n) is 5.26. The molecular formula is C15H19N3O2S. The Morgan fingerprint density at radius 3 is 2.95 bits per heavy atom. The maximum atomic E-state index is 11.7. The highest BCUT2D eigenvalue weighted by molar-refractivity contribution is 7.10. The molecule has 112 valence electrons. The number of nitrogens with zero attached hydrogens (tertiary/aromatic N) is 2. The van der Waals surface area contributed by atoms with Crippen molar-refractivity contribution < 1.29 is 9.32 Å². The molecule has 5 nitrogen and oxygen atoms in total. The molecular weight excluding hydrogens is 286 g/mol. The number of thiophene rings is 1. The molecule has 1 N–H and O–H groups in total. The van der Waals surface area contributed by atoms with E-state index in [-0.39, 0.29) is 11.7 Å². The number of carbonyl (C=O) groups excluding carboxylic acids is 1. The lowest BCUT2D eigenvalue weighted by atomic mass is 9.95. The standard InChI is InChI=1S/C15H19N3O2S/c19-15(13-3-6-17-20-13)16-7-10-18-8-4-12(5-9-18)14-2-1-11-21-14/h1-3,6,11-12H,4-5,7-10H2,(H,16,19). The number of piperidine rings is 1. The highest BCUT2D eigenvalue weighted by atomic mass is 32.1. The van der Waals surface area contributed by atoms with E-state index in [0.717, 1.165) is 19.6 Å². The molecule has 0 aromatic carbocycles. The van der Waals surface area contributed by atoms with E-state index >= 15 is 0 Å². The van der Waals surface area contributed by atoms with Crippen molar-refractivity contribution in [3.05, 3.63) is 40.4 Å². The lowest BCUT2D eigenvalue weighted by Gasteiger charge is -2.31. The summed E-state index contributed by atoms with van der Waals surface area (Å²) >= 11 is 1.86. The summed E-state index contributed by atoms with van der Waals surface area (Å²) in [6.45, 7) is 3.72. The van der Waals surface area contributed by atoms with Gasteiger partial charge in [0.15, 0.2) is 0 Å². The van der Waals surface area contributed by atoms with Gasteiger partial charge in [0.2, 0.25) is 5.76 Å². The highest BCUT2D eigenvalue weighted by Crippen LogP contribution is 2.30. The first kappa shape index (κ1) is 14.3. The fraction of sp³-hybridized carbons (Fsp3) is 0.467. The number of likely N-dealkylation sites (tertiary alicyclic amines) is 1. The van der Waals surface area contributed by atoms with Crippen LogP contribution in [0.5, 0.6) is 0 Å². The van der Waals surface area contributed by atoms with Crippen molar-refractivity contribution >= 4 is 17.2 Å². The van der Waals surface area contributed by atoms with Gasteiger partial charge in [-0.3, -0.25) is 4.79 Å². The maximum absolute atomic E-state index is 11.7. The molecule has 0 saturated carbocycles. The number of hydrogen-bond acceptors (Lipinski definition) is 5. The van der Waals surface area contributed by atoms with E-state index in [1.54, 1.807) is 6.07 Å². The Kier molecular flexibility index (Phi) is 4.67. The van der Waals surface area contributed by atoms with Crippen LogP contribution >= 0.6 is 11.3 Å². The molecule has 6 heteroatoms. The molecule has 2 aromatic heterocycles. The molecule has 0 bridgehead atoms. The van der Waals surface area contributed by atoms with E-state index in [1.165, 1.54) is 23.9 Å². The normalized spacial score (nSPS) is 17.0. The second kappa shape index (κ2) is 6.87. The van der Waals surface area contributed by atoms with E-state index in [1.807, 2.05) is 11.3 Å². The Balaban J connectivity index is 1.37. The summed E-state index contributed by atoms with van der Waals surface area (Å²) in [6.07, 6.45) is 3.89. The zero-order valence-corrected chi connectivity index (χ0v) is 12.6. The van der Waals surface area contributed by atoms with E-state index in [4.69, 9.17) is 4.52 Å². The fourth-order valence-electron chi connectivity index (χ4n) is 2.71. The molecule has 0 spiro atoms. The third-order valence-corrected chi connectivity index (χ3v) is 4.94. The third kappa shape index (κ3) is 3.71. The van der Waals surface area contributed by atoms with Crippen LogP contribution in [0.2, 0.25) is 0 Å². The van der Waals surface area contributed by atoms with Crippen molar-refractivity contribution in [1.29, 1.82) is 0 Å². The summed E-state index contributed by atoms with van der Waals surface area (Å²) in [4.78, 5) is 15.6. The van der Waals surface area contributed by atoms with Crippen LogP contribution in [0.4, 0.5) is 0 Å². The number of hydrogen-bond donors (Lipinski definition) is 1. The van der Waals surface area contributed by atoms with Crippen molar-refractivity contribution in [2.75, 3.05) is 26.2 Å². The molecule has 1 aliphatic rings. The van der Waals surface area contributed by atoms with Crippen molar-refractivity contribution in [3.8, 4) is 0 Å². The Hall–Kier alpha value is -1.66. The van der Waals surface area contributed by atoms with Crippen LogP contribution in [0.3, 0.4) is 0 Å². The smallest absolute Gasteiger partial charge is 0.289 e. The summed E-state index contributed by atoms with van der Waals surface area (Å²) in [7, 11) is 0. The molecule has 3 heterocycles. The van der Waals surface area contributed by atoms with Gasteiger partial charge in [-0.1, -0.05) is 11.2 Å². The SMILES string of the molecule is O=C(NCCN1CCC(c2cccs2)CC1)c1ccno1. The minimum Gasteiger partial charge on any atom is -0.351 e. The van der Waals surface area contributed by atoms with E-state index in [2.05, 4.69) is 32.9 Å². The molecule has 0 aliphatic carbocycles. The molecule has 1 amide bonds. The minimum absolute atomic E-state index is 0.194. The van der Waals surface area contributed by atoms with Gasteiger partial charge in [-0.25, -0.2) is 0 Å². The van der Waals surface area contributed by atoms with Gasteiger partial charge in [-0.05, 0) is 43.3 Å². The topological polar surface area (TPSA) is 58.4 Å². The van der Waals surface area contributed by atoms with Crippen LogP contribution in [0.1, 0.15) is 34.2 Å². The van der Waals surface area contributed by atoms with E-state index in [0.29, 0.717) is 12.5 Å². The average molecular weight is 305 g/mol. The lowest BCUT2D eigenvalue weighted by molar-refractivity contribution is 0.0909. The first-order valence-corrected chi connectivity index (χ1v) is 8.15. The number of rotatable bonds is 5. The summed E-state index contributed by atoms with van der Waals surface area (Å²) in [5.74, 6) is 0.789. The molecule has 1 fully saturated rings. The van der Waals surface area contributed by atoms with Crippen LogP contribution in [-0.4, -0.2) is 42.1 Å². The van der Waals surface area contributed by atoms with Crippen molar-refractivity contribution in [2.45, 2.75) is 18.8 Å². The van der Waals surface area contributed by atoms with Crippen LogP contribution in [0.15, 0.2) is 34.3 Å². The van der Waals surface area contributed by atoms with Gasteiger partial charge in [0.05, 0.1) is 6.20 Å². The molecule has 0 atom stereocenters. The van der Waals surface area contributed by atoms with Gasteiger partial charge in [0.1, 0.15) is 0 Å². The summed E-state index contributed by atoms with van der Waals surface area (Å²) < 4.78 is 4.82. The number of aromatic nitrogens is 1. The highest BCUT2D eigenvalue weighted by Gasteiger charge is 2.21. The third-order valence-electron chi connectivity index (χ3n) is 3.91. The lowest BCUT2D eigenvalue weighted by Crippen LogP contribution is -2.39. The minimum atomic E-state index is -0.194. The van der Waals surface area contributed by atoms with Crippen molar-refractivity contribution in [2.24, 2.45) is 0 Å². The average Bonchev–Trinajstić information content (AvgIpc) is 3.21. The number of carbonyl (C=O) groups is 1. The Bertz CT molecular complexity index is 546. The zero-order valence-electron chi connectivity index (χ0n) is 11.8. The molecule has 1 saturated heterocycles. The number of amides is 1. The Morgan fingerprint density at radius 2 is 2.29 bits per heavy atom. The molecule has 0 radical (unpaired) electrons. The van der Waals surface area contributed by atoms with Crippen LogP contribution in [0.25, 0.3) is 0 Å². The van der Waals surface area contributed by atoms with Crippen LogP contribution in [0, 0.1) is 0 Å². The van der Waals surface area contributed by atoms with Gasteiger partial charge in [-0.15, -0.1) is 11.3 Å². The first-order valence-electron chi connectivity index (χ1n) is 7.27. The predicted octanol–water partition coefficient (Wildman–Crippen LogP) is 2.35. The molecule has 1 aliphatic heterocycles. The second-order valence-corrected chi connectivity index (χ2v) is 6.24.